The normalized spacial score (nSPS) is 12.8. The van der Waals surface area contributed by atoms with Gasteiger partial charge in [-0.1, -0.05) is 13.3 Å². The number of amides is 1. The maximum absolute atomic E-state index is 12.1. The number of carbonyl (C=O) groups excluding carboxylic acids is 1. The first-order valence-electron chi connectivity index (χ1n) is 7.72. The van der Waals surface area contributed by atoms with Gasteiger partial charge in [0.15, 0.2) is 0 Å². The number of nitrogens with zero attached hydrogens (tertiary/aromatic N) is 2. The second kappa shape index (κ2) is 8.70. The maximum atomic E-state index is 12.1. The van der Waals surface area contributed by atoms with E-state index in [0.717, 1.165) is 23.6 Å². The summed E-state index contributed by atoms with van der Waals surface area (Å²) in [5.74, 6) is 0.643. The van der Waals surface area contributed by atoms with Crippen LogP contribution in [-0.4, -0.2) is 28.3 Å². The van der Waals surface area contributed by atoms with E-state index in [9.17, 15) is 4.79 Å². The van der Waals surface area contributed by atoms with Crippen LogP contribution in [0.5, 0.6) is 5.75 Å². The Hall–Kier alpha value is -2.05. The van der Waals surface area contributed by atoms with E-state index in [1.807, 2.05) is 43.5 Å². The summed E-state index contributed by atoms with van der Waals surface area (Å²) >= 11 is 0. The van der Waals surface area contributed by atoms with E-state index < -0.39 is 5.54 Å². The molecule has 0 aliphatic rings. The van der Waals surface area contributed by atoms with Gasteiger partial charge < -0.3 is 15.8 Å². The minimum Gasteiger partial charge on any atom is -0.497 e. The van der Waals surface area contributed by atoms with Crippen LogP contribution in [0, 0.1) is 0 Å². The number of hydrogen-bond donors (Lipinski definition) is 2. The topological polar surface area (TPSA) is 82.2 Å². The van der Waals surface area contributed by atoms with Gasteiger partial charge in [-0.2, -0.15) is 5.10 Å². The second-order valence-electron chi connectivity index (χ2n) is 5.80. The van der Waals surface area contributed by atoms with Crippen molar-refractivity contribution in [2.75, 3.05) is 7.11 Å². The van der Waals surface area contributed by atoms with Crippen molar-refractivity contribution in [3.05, 3.63) is 42.2 Å². The van der Waals surface area contributed by atoms with Gasteiger partial charge in [-0.05, 0) is 43.7 Å². The third-order valence-electron chi connectivity index (χ3n) is 3.70. The summed E-state index contributed by atoms with van der Waals surface area (Å²) in [6.45, 7) is 4.12. The van der Waals surface area contributed by atoms with Gasteiger partial charge in [0, 0.05) is 6.20 Å². The lowest BCUT2D eigenvalue weighted by molar-refractivity contribution is -0.126. The molecule has 2 rings (SSSR count). The highest BCUT2D eigenvalue weighted by atomic mass is 35.5. The predicted octanol–water partition coefficient (Wildman–Crippen LogP) is 2.44. The molecule has 0 aliphatic carbocycles. The zero-order valence-electron chi connectivity index (χ0n) is 14.3. The van der Waals surface area contributed by atoms with Gasteiger partial charge in [0.25, 0.3) is 0 Å². The third-order valence-corrected chi connectivity index (χ3v) is 3.70. The molecule has 0 saturated heterocycles. The van der Waals surface area contributed by atoms with Crippen LogP contribution in [0.2, 0.25) is 0 Å². The minimum atomic E-state index is -0.840. The zero-order valence-corrected chi connectivity index (χ0v) is 15.1. The molecule has 0 aliphatic heterocycles. The molecule has 1 aromatic heterocycles. The molecule has 0 fully saturated rings. The van der Waals surface area contributed by atoms with Crippen molar-refractivity contribution >= 4 is 18.3 Å². The quantitative estimate of drug-likeness (QED) is 0.801. The van der Waals surface area contributed by atoms with Crippen molar-refractivity contribution in [1.82, 2.24) is 15.1 Å². The van der Waals surface area contributed by atoms with Crippen molar-refractivity contribution in [3.8, 4) is 11.4 Å². The van der Waals surface area contributed by atoms with Crippen LogP contribution in [-0.2, 0) is 11.3 Å². The molecule has 6 nitrogen and oxygen atoms in total. The number of methoxy groups -OCH3 is 1. The highest BCUT2D eigenvalue weighted by molar-refractivity contribution is 5.85. The van der Waals surface area contributed by atoms with E-state index in [2.05, 4.69) is 10.4 Å². The van der Waals surface area contributed by atoms with Gasteiger partial charge in [-0.3, -0.25) is 4.79 Å². The molecule has 1 amide bonds. The predicted molar refractivity (Wildman–Crippen MR) is 96.7 cm³/mol. The largest absolute Gasteiger partial charge is 0.497 e. The average Bonchev–Trinajstić information content (AvgIpc) is 3.01. The molecular formula is C17H25ClN4O2. The fraction of sp³-hybridized carbons (Fsp3) is 0.412. The number of hydrogen-bond acceptors (Lipinski definition) is 4. The van der Waals surface area contributed by atoms with Crippen LogP contribution in [0.25, 0.3) is 5.69 Å². The van der Waals surface area contributed by atoms with Crippen molar-refractivity contribution in [2.24, 2.45) is 5.73 Å². The van der Waals surface area contributed by atoms with E-state index in [1.165, 1.54) is 0 Å². The Bertz CT molecular complexity index is 653. The lowest BCUT2D eigenvalue weighted by atomic mass is 9.96. The molecule has 24 heavy (non-hydrogen) atoms. The molecule has 0 spiro atoms. The number of aromatic nitrogens is 2. The Morgan fingerprint density at radius 1 is 1.33 bits per heavy atom. The summed E-state index contributed by atoms with van der Waals surface area (Å²) in [6, 6.07) is 9.48. The summed E-state index contributed by atoms with van der Waals surface area (Å²) in [5, 5.41) is 7.30. The number of ether oxygens (including phenoxy) is 1. The molecule has 0 bridgehead atoms. The Morgan fingerprint density at radius 2 is 2.00 bits per heavy atom. The molecule has 1 atom stereocenters. The summed E-state index contributed by atoms with van der Waals surface area (Å²) in [4.78, 5) is 12.1. The van der Waals surface area contributed by atoms with Crippen LogP contribution in [0.1, 0.15) is 32.4 Å². The number of nitrogens with one attached hydrogen (secondary N) is 1. The maximum Gasteiger partial charge on any atom is 0.240 e. The lowest BCUT2D eigenvalue weighted by Gasteiger charge is -2.22. The van der Waals surface area contributed by atoms with Crippen LogP contribution in [0.3, 0.4) is 0 Å². The van der Waals surface area contributed by atoms with Crippen LogP contribution >= 0.6 is 12.4 Å². The molecule has 2 aromatic rings. The van der Waals surface area contributed by atoms with E-state index in [-0.39, 0.29) is 18.3 Å². The van der Waals surface area contributed by atoms with E-state index >= 15 is 0 Å². The minimum absolute atomic E-state index is 0. The Balaban J connectivity index is 0.00000288. The first kappa shape index (κ1) is 20.0. The number of carbonyl (C=O) groups is 1. The molecule has 1 aromatic carbocycles. The summed E-state index contributed by atoms with van der Waals surface area (Å²) in [5.41, 5.74) is 6.88. The average molecular weight is 353 g/mol. The van der Waals surface area contributed by atoms with Crippen molar-refractivity contribution < 1.29 is 9.53 Å². The molecule has 0 saturated carbocycles. The van der Waals surface area contributed by atoms with Crippen LogP contribution in [0.15, 0.2) is 36.5 Å². The summed E-state index contributed by atoms with van der Waals surface area (Å²) < 4.78 is 6.90. The molecule has 132 valence electrons. The van der Waals surface area contributed by atoms with Crippen molar-refractivity contribution in [1.29, 1.82) is 0 Å². The molecule has 1 heterocycles. The molecule has 7 heteroatoms. The Labute approximate surface area is 148 Å². The fourth-order valence-corrected chi connectivity index (χ4v) is 2.34. The van der Waals surface area contributed by atoms with E-state index in [1.54, 1.807) is 18.7 Å². The van der Waals surface area contributed by atoms with Crippen molar-refractivity contribution in [3.63, 3.8) is 0 Å². The standard InChI is InChI=1S/C17H24N4O2.ClH/c1-4-10-17(2,18)16(22)19-12-13-9-11-21(20-13)14-5-7-15(23-3)8-6-14;/h5-9,11H,4,10,12,18H2,1-3H3,(H,19,22);1H. The first-order chi connectivity index (χ1) is 11.0. The number of nitrogens with two attached hydrogens (primary N) is 1. The van der Waals surface area contributed by atoms with Crippen molar-refractivity contribution in [2.45, 2.75) is 38.8 Å². The summed E-state index contributed by atoms with van der Waals surface area (Å²) in [6.07, 6.45) is 3.38. The Kier molecular flexibility index (Phi) is 7.25. The SMILES string of the molecule is CCCC(C)(N)C(=O)NCc1ccn(-c2ccc(OC)cc2)n1.Cl. The fourth-order valence-electron chi connectivity index (χ4n) is 2.34. The van der Waals surface area contributed by atoms with Crippen LogP contribution in [0.4, 0.5) is 0 Å². The number of halogens is 1. The van der Waals surface area contributed by atoms with Gasteiger partial charge >= 0.3 is 0 Å². The van der Waals surface area contributed by atoms with Gasteiger partial charge in [0.2, 0.25) is 5.91 Å². The smallest absolute Gasteiger partial charge is 0.240 e. The molecular weight excluding hydrogens is 328 g/mol. The highest BCUT2D eigenvalue weighted by Gasteiger charge is 2.26. The monoisotopic (exact) mass is 352 g/mol. The number of rotatable bonds is 7. The third kappa shape index (κ3) is 4.97. The van der Waals surface area contributed by atoms with Crippen LogP contribution < -0.4 is 15.8 Å². The molecule has 3 N–H and O–H groups in total. The lowest BCUT2D eigenvalue weighted by Crippen LogP contribution is -2.51. The highest BCUT2D eigenvalue weighted by Crippen LogP contribution is 2.14. The van der Waals surface area contributed by atoms with Gasteiger partial charge in [-0.15, -0.1) is 12.4 Å². The number of benzene rings is 1. The zero-order chi connectivity index (χ0) is 16.9. The Morgan fingerprint density at radius 3 is 2.58 bits per heavy atom. The summed E-state index contributed by atoms with van der Waals surface area (Å²) in [7, 11) is 1.63. The van der Waals surface area contributed by atoms with Gasteiger partial charge in [0.1, 0.15) is 5.75 Å². The van der Waals surface area contributed by atoms with Gasteiger partial charge in [0.05, 0.1) is 30.6 Å². The molecule has 0 radical (unpaired) electrons. The molecule has 1 unspecified atom stereocenters. The van der Waals surface area contributed by atoms with Gasteiger partial charge in [-0.25, -0.2) is 4.68 Å². The second-order valence-corrected chi connectivity index (χ2v) is 5.80. The first-order valence-corrected chi connectivity index (χ1v) is 7.72. The van der Waals surface area contributed by atoms with E-state index in [0.29, 0.717) is 13.0 Å². The van der Waals surface area contributed by atoms with E-state index in [4.69, 9.17) is 10.5 Å².